The molecular weight excluding hydrogens is 514 g/mol. The second-order valence-electron chi connectivity index (χ2n) is 11.1. The van der Waals surface area contributed by atoms with Gasteiger partial charge >= 0.3 is 5.97 Å². The van der Waals surface area contributed by atoms with Crippen LogP contribution in [0.2, 0.25) is 0 Å². The molecule has 222 valence electrons. The van der Waals surface area contributed by atoms with Crippen LogP contribution in [0, 0.1) is 0 Å². The summed E-state index contributed by atoms with van der Waals surface area (Å²) in [4.78, 5) is 36.2. The molecule has 0 saturated heterocycles. The molecule has 0 bridgehead atoms. The van der Waals surface area contributed by atoms with Crippen molar-refractivity contribution in [3.8, 4) is 0 Å². The number of amides is 2. The molecule has 2 amide bonds. The van der Waals surface area contributed by atoms with Gasteiger partial charge in [0.15, 0.2) is 0 Å². The lowest BCUT2D eigenvalue weighted by atomic mass is 10.0. The van der Waals surface area contributed by atoms with E-state index in [4.69, 9.17) is 0 Å². The Balaban J connectivity index is 1.27. The lowest BCUT2D eigenvalue weighted by molar-refractivity contribution is -0.117. The first-order valence-corrected chi connectivity index (χ1v) is 15.6. The van der Waals surface area contributed by atoms with Crippen LogP contribution in [0.15, 0.2) is 53.6 Å². The summed E-state index contributed by atoms with van der Waals surface area (Å²) in [5.74, 6) is -1.26. The maximum absolute atomic E-state index is 12.5. The van der Waals surface area contributed by atoms with Crippen molar-refractivity contribution in [1.29, 1.82) is 0 Å². The molecule has 7 nitrogen and oxygen atoms in total. The standard InChI is InChI=1S/C34H47N3O4/c1-2-3-4-5-6-7-8-9-10-11-12-13-14-15-16-20-32(38)35-29-23-21-27(22-24-29)31-26-33(39)37(36-31)30-19-17-18-28(25-30)34(40)41/h17-19,21-25H,2-16,20,26H2,1H3,(H,35,38)(H,40,41). The van der Waals surface area contributed by atoms with E-state index in [1.165, 1.54) is 101 Å². The maximum Gasteiger partial charge on any atom is 0.335 e. The van der Waals surface area contributed by atoms with E-state index >= 15 is 0 Å². The lowest BCUT2D eigenvalue weighted by Gasteiger charge is -2.11. The number of nitrogens with one attached hydrogen (secondary N) is 1. The number of carbonyl (C=O) groups excluding carboxylic acids is 2. The van der Waals surface area contributed by atoms with Crippen molar-refractivity contribution in [2.45, 2.75) is 116 Å². The first-order valence-electron chi connectivity index (χ1n) is 15.6. The SMILES string of the molecule is CCCCCCCCCCCCCCCCCC(=O)Nc1ccc(C2=NN(c3cccc(C(=O)O)c3)C(=O)C2)cc1. The Bertz CT molecular complexity index is 1140. The molecule has 0 radical (unpaired) electrons. The van der Waals surface area contributed by atoms with Gasteiger partial charge in [-0.1, -0.05) is 115 Å². The van der Waals surface area contributed by atoms with Gasteiger partial charge in [0.05, 0.1) is 23.4 Å². The molecule has 0 aliphatic carbocycles. The van der Waals surface area contributed by atoms with Crippen LogP contribution in [0.1, 0.15) is 132 Å². The van der Waals surface area contributed by atoms with Gasteiger partial charge in [0, 0.05) is 12.1 Å². The molecule has 3 rings (SSSR count). The predicted molar refractivity (Wildman–Crippen MR) is 167 cm³/mol. The fraction of sp³-hybridized carbons (Fsp3) is 0.529. The van der Waals surface area contributed by atoms with Gasteiger partial charge in [-0.05, 0) is 42.3 Å². The highest BCUT2D eigenvalue weighted by Crippen LogP contribution is 2.25. The van der Waals surface area contributed by atoms with Crippen LogP contribution in [0.5, 0.6) is 0 Å². The molecule has 7 heteroatoms. The van der Waals surface area contributed by atoms with E-state index < -0.39 is 5.97 Å². The average molecular weight is 562 g/mol. The Hall–Kier alpha value is -3.48. The zero-order valence-corrected chi connectivity index (χ0v) is 24.7. The normalized spacial score (nSPS) is 13.0. The summed E-state index contributed by atoms with van der Waals surface area (Å²) in [7, 11) is 0. The number of hydrogen-bond donors (Lipinski definition) is 2. The van der Waals surface area contributed by atoms with E-state index in [1.807, 2.05) is 24.3 Å². The molecule has 2 N–H and O–H groups in total. The zero-order chi connectivity index (χ0) is 29.3. The third kappa shape index (κ3) is 11.5. The number of hydrazone groups is 1. The van der Waals surface area contributed by atoms with Crippen molar-refractivity contribution in [3.63, 3.8) is 0 Å². The fourth-order valence-corrected chi connectivity index (χ4v) is 5.19. The van der Waals surface area contributed by atoms with Crippen molar-refractivity contribution in [2.24, 2.45) is 5.10 Å². The summed E-state index contributed by atoms with van der Waals surface area (Å²) in [5.41, 5.74) is 2.63. The number of carbonyl (C=O) groups is 3. The van der Waals surface area contributed by atoms with E-state index in [-0.39, 0.29) is 23.8 Å². The highest BCUT2D eigenvalue weighted by atomic mass is 16.4. The Morgan fingerprint density at radius 2 is 1.37 bits per heavy atom. The highest BCUT2D eigenvalue weighted by molar-refractivity contribution is 6.19. The Labute approximate surface area is 245 Å². The van der Waals surface area contributed by atoms with Crippen LogP contribution >= 0.6 is 0 Å². The number of carboxylic acids is 1. The summed E-state index contributed by atoms with van der Waals surface area (Å²) in [6.45, 7) is 2.27. The molecule has 0 spiro atoms. The molecule has 1 heterocycles. The van der Waals surface area contributed by atoms with Crippen molar-refractivity contribution in [3.05, 3.63) is 59.7 Å². The Morgan fingerprint density at radius 1 is 0.805 bits per heavy atom. The summed E-state index contributed by atoms with van der Waals surface area (Å²) in [6.07, 6.45) is 20.2. The molecule has 2 aromatic carbocycles. The molecule has 0 fully saturated rings. The van der Waals surface area contributed by atoms with Gasteiger partial charge in [-0.25, -0.2) is 9.80 Å². The predicted octanol–water partition coefficient (Wildman–Crippen LogP) is 8.73. The summed E-state index contributed by atoms with van der Waals surface area (Å²) < 4.78 is 0. The van der Waals surface area contributed by atoms with Gasteiger partial charge in [-0.3, -0.25) is 9.59 Å². The fourth-order valence-electron chi connectivity index (χ4n) is 5.19. The molecule has 0 saturated carbocycles. The lowest BCUT2D eigenvalue weighted by Crippen LogP contribution is -2.19. The van der Waals surface area contributed by atoms with E-state index in [1.54, 1.807) is 12.1 Å². The Kier molecular flexibility index (Phi) is 14.1. The van der Waals surface area contributed by atoms with Crippen molar-refractivity contribution in [2.75, 3.05) is 10.3 Å². The second-order valence-corrected chi connectivity index (χ2v) is 11.1. The quantitative estimate of drug-likeness (QED) is 0.158. The summed E-state index contributed by atoms with van der Waals surface area (Å²) >= 11 is 0. The molecule has 0 aromatic heterocycles. The largest absolute Gasteiger partial charge is 0.478 e. The zero-order valence-electron chi connectivity index (χ0n) is 24.7. The number of nitrogens with zero attached hydrogens (tertiary/aromatic N) is 2. The van der Waals surface area contributed by atoms with Crippen LogP contribution in [0.4, 0.5) is 11.4 Å². The summed E-state index contributed by atoms with van der Waals surface area (Å²) in [5, 5.41) is 17.8. The minimum Gasteiger partial charge on any atom is -0.478 e. The highest BCUT2D eigenvalue weighted by Gasteiger charge is 2.26. The van der Waals surface area contributed by atoms with Gasteiger partial charge in [-0.15, -0.1) is 0 Å². The topological polar surface area (TPSA) is 99.1 Å². The van der Waals surface area contributed by atoms with Crippen molar-refractivity contribution >= 4 is 34.9 Å². The van der Waals surface area contributed by atoms with Crippen molar-refractivity contribution < 1.29 is 19.5 Å². The van der Waals surface area contributed by atoms with Gasteiger partial charge < -0.3 is 10.4 Å². The van der Waals surface area contributed by atoms with Crippen LogP contribution in [-0.2, 0) is 9.59 Å². The second kappa shape index (κ2) is 18.1. The van der Waals surface area contributed by atoms with E-state index in [2.05, 4.69) is 17.3 Å². The number of aromatic carboxylic acids is 1. The van der Waals surface area contributed by atoms with Crippen LogP contribution in [0.25, 0.3) is 0 Å². The van der Waals surface area contributed by atoms with Crippen LogP contribution < -0.4 is 10.3 Å². The smallest absolute Gasteiger partial charge is 0.335 e. The minimum absolute atomic E-state index is 0.0188. The maximum atomic E-state index is 12.5. The van der Waals surface area contributed by atoms with Gasteiger partial charge in [0.25, 0.3) is 5.91 Å². The number of benzene rings is 2. The number of anilines is 2. The molecule has 0 unspecified atom stereocenters. The van der Waals surface area contributed by atoms with E-state index in [0.29, 0.717) is 17.8 Å². The molecular formula is C34H47N3O4. The summed E-state index contributed by atoms with van der Waals surface area (Å²) in [6, 6.07) is 13.5. The Morgan fingerprint density at radius 3 is 1.93 bits per heavy atom. The average Bonchev–Trinajstić information content (AvgIpc) is 3.37. The minimum atomic E-state index is -1.06. The monoisotopic (exact) mass is 561 g/mol. The van der Waals surface area contributed by atoms with Gasteiger partial charge in [0.2, 0.25) is 5.91 Å². The number of carboxylic acid groups (broad SMARTS) is 1. The molecule has 41 heavy (non-hydrogen) atoms. The van der Waals surface area contributed by atoms with E-state index in [9.17, 15) is 19.5 Å². The van der Waals surface area contributed by atoms with Gasteiger partial charge in [0.1, 0.15) is 0 Å². The number of rotatable bonds is 20. The first kappa shape index (κ1) is 32.0. The van der Waals surface area contributed by atoms with Gasteiger partial charge in [-0.2, -0.15) is 5.10 Å². The third-order valence-corrected chi connectivity index (χ3v) is 7.62. The van der Waals surface area contributed by atoms with E-state index in [0.717, 1.165) is 24.1 Å². The number of hydrogen-bond acceptors (Lipinski definition) is 4. The molecule has 2 aromatic rings. The molecule has 0 atom stereocenters. The molecule has 1 aliphatic heterocycles. The molecule has 1 aliphatic rings. The van der Waals surface area contributed by atoms with Crippen molar-refractivity contribution in [1.82, 2.24) is 0 Å². The third-order valence-electron chi connectivity index (χ3n) is 7.62. The number of unbranched alkanes of at least 4 members (excludes halogenated alkanes) is 14. The van der Waals surface area contributed by atoms with Crippen LogP contribution in [0.3, 0.4) is 0 Å². The first-order chi connectivity index (χ1) is 20.0. The van der Waals surface area contributed by atoms with Crippen LogP contribution in [-0.4, -0.2) is 28.6 Å².